The molecule has 2 aromatic carbocycles. The SMILES string of the molecule is O=c1cc(-c2ccnc(C[SH](=O)=O)n2)ccn1C(c1ccccc1)c1ccccc1. The maximum absolute atomic E-state index is 13.1. The molecule has 2 aromatic heterocycles. The molecule has 0 spiro atoms. The van der Waals surface area contributed by atoms with E-state index >= 15 is 0 Å². The number of rotatable bonds is 6. The van der Waals surface area contributed by atoms with Crippen molar-refractivity contribution in [2.75, 3.05) is 0 Å². The first-order chi connectivity index (χ1) is 14.6. The smallest absolute Gasteiger partial charge is 0.252 e. The van der Waals surface area contributed by atoms with Gasteiger partial charge in [-0.15, -0.1) is 0 Å². The van der Waals surface area contributed by atoms with Crippen LogP contribution in [0.15, 0.2) is 96.1 Å². The van der Waals surface area contributed by atoms with E-state index < -0.39 is 10.7 Å². The van der Waals surface area contributed by atoms with E-state index in [-0.39, 0.29) is 23.2 Å². The van der Waals surface area contributed by atoms with Crippen molar-refractivity contribution in [3.8, 4) is 11.3 Å². The molecule has 0 unspecified atom stereocenters. The van der Waals surface area contributed by atoms with Crippen LogP contribution in [0.2, 0.25) is 0 Å². The van der Waals surface area contributed by atoms with Crippen molar-refractivity contribution in [1.29, 1.82) is 0 Å². The van der Waals surface area contributed by atoms with Crippen LogP contribution in [0, 0.1) is 0 Å². The van der Waals surface area contributed by atoms with Crippen LogP contribution in [0.3, 0.4) is 0 Å². The zero-order valence-electron chi connectivity index (χ0n) is 16.0. The zero-order valence-corrected chi connectivity index (χ0v) is 16.9. The third-order valence-electron chi connectivity index (χ3n) is 4.73. The maximum atomic E-state index is 13.1. The van der Waals surface area contributed by atoms with Gasteiger partial charge in [0.1, 0.15) is 22.3 Å². The molecule has 0 N–H and O–H groups in total. The van der Waals surface area contributed by atoms with E-state index in [0.29, 0.717) is 11.3 Å². The van der Waals surface area contributed by atoms with Gasteiger partial charge in [-0.05, 0) is 23.3 Å². The Morgan fingerprint density at radius 3 is 2.07 bits per heavy atom. The summed E-state index contributed by atoms with van der Waals surface area (Å²) in [5.74, 6) is -0.0242. The van der Waals surface area contributed by atoms with Crippen molar-refractivity contribution < 1.29 is 8.42 Å². The predicted molar refractivity (Wildman–Crippen MR) is 116 cm³/mol. The summed E-state index contributed by atoms with van der Waals surface area (Å²) in [5, 5.41) is 0. The Morgan fingerprint density at radius 2 is 1.50 bits per heavy atom. The minimum Gasteiger partial charge on any atom is -0.304 e. The summed E-state index contributed by atoms with van der Waals surface area (Å²) in [4.78, 5) is 21.3. The van der Waals surface area contributed by atoms with E-state index in [1.807, 2.05) is 66.7 Å². The fourth-order valence-electron chi connectivity index (χ4n) is 3.40. The van der Waals surface area contributed by atoms with Crippen LogP contribution in [-0.2, 0) is 16.5 Å². The fraction of sp³-hybridized carbons (Fsp3) is 0.0870. The monoisotopic (exact) mass is 417 g/mol. The molecule has 6 nitrogen and oxygen atoms in total. The second kappa shape index (κ2) is 8.84. The van der Waals surface area contributed by atoms with E-state index in [4.69, 9.17) is 0 Å². The van der Waals surface area contributed by atoms with Gasteiger partial charge in [0.05, 0.1) is 11.7 Å². The van der Waals surface area contributed by atoms with Gasteiger partial charge < -0.3 is 4.57 Å². The number of hydrogen-bond donors (Lipinski definition) is 1. The Hall–Kier alpha value is -3.58. The molecule has 0 atom stereocenters. The maximum Gasteiger partial charge on any atom is 0.252 e. The molecular formula is C23H19N3O3S. The van der Waals surface area contributed by atoms with Crippen LogP contribution in [0.25, 0.3) is 11.3 Å². The highest BCUT2D eigenvalue weighted by molar-refractivity contribution is 7.71. The molecule has 0 aliphatic carbocycles. The molecule has 150 valence electrons. The Bertz CT molecular complexity index is 1240. The van der Waals surface area contributed by atoms with Crippen molar-refractivity contribution in [3.05, 3.63) is 119 Å². The topological polar surface area (TPSA) is 81.9 Å². The molecule has 0 fully saturated rings. The zero-order chi connectivity index (χ0) is 20.9. The molecule has 0 amide bonds. The van der Waals surface area contributed by atoms with E-state index in [0.717, 1.165) is 11.1 Å². The summed E-state index contributed by atoms with van der Waals surface area (Å²) >= 11 is 0. The Morgan fingerprint density at radius 1 is 0.867 bits per heavy atom. The average Bonchev–Trinajstić information content (AvgIpc) is 2.76. The number of hydrogen-bond acceptors (Lipinski definition) is 5. The normalized spacial score (nSPS) is 11.1. The van der Waals surface area contributed by atoms with Crippen molar-refractivity contribution in [3.63, 3.8) is 0 Å². The van der Waals surface area contributed by atoms with E-state index in [1.54, 1.807) is 16.8 Å². The van der Waals surface area contributed by atoms with Gasteiger partial charge in [0.15, 0.2) is 0 Å². The van der Waals surface area contributed by atoms with Gasteiger partial charge in [-0.25, -0.2) is 18.4 Å². The van der Waals surface area contributed by atoms with Gasteiger partial charge in [-0.3, -0.25) is 4.79 Å². The number of benzene rings is 2. The highest BCUT2D eigenvalue weighted by atomic mass is 32.2. The number of aromatic nitrogens is 3. The molecule has 4 aromatic rings. The van der Waals surface area contributed by atoms with Crippen molar-refractivity contribution in [2.45, 2.75) is 11.8 Å². The van der Waals surface area contributed by atoms with Crippen LogP contribution in [0.5, 0.6) is 0 Å². The van der Waals surface area contributed by atoms with Crippen molar-refractivity contribution in [2.24, 2.45) is 0 Å². The lowest BCUT2D eigenvalue weighted by molar-refractivity contribution is 0.612. The van der Waals surface area contributed by atoms with Crippen LogP contribution in [0.4, 0.5) is 0 Å². The van der Waals surface area contributed by atoms with E-state index in [9.17, 15) is 13.2 Å². The molecule has 0 bridgehead atoms. The van der Waals surface area contributed by atoms with Gasteiger partial charge >= 0.3 is 0 Å². The summed E-state index contributed by atoms with van der Waals surface area (Å²) in [6.45, 7) is 0. The third-order valence-corrected chi connectivity index (χ3v) is 5.27. The van der Waals surface area contributed by atoms with Crippen LogP contribution in [0.1, 0.15) is 23.0 Å². The Kier molecular flexibility index (Phi) is 5.81. The summed E-state index contributed by atoms with van der Waals surface area (Å²) in [6.07, 6.45) is 3.25. The van der Waals surface area contributed by atoms with Crippen molar-refractivity contribution >= 4 is 10.7 Å². The lowest BCUT2D eigenvalue weighted by Gasteiger charge is -2.21. The van der Waals surface area contributed by atoms with E-state index in [1.165, 1.54) is 12.3 Å². The van der Waals surface area contributed by atoms with Crippen molar-refractivity contribution in [1.82, 2.24) is 14.5 Å². The van der Waals surface area contributed by atoms with Gasteiger partial charge in [0.2, 0.25) is 0 Å². The largest absolute Gasteiger partial charge is 0.304 e. The third kappa shape index (κ3) is 4.36. The summed E-state index contributed by atoms with van der Waals surface area (Å²) in [7, 11) is -2.62. The first-order valence-corrected chi connectivity index (χ1v) is 10.7. The molecule has 7 heteroatoms. The van der Waals surface area contributed by atoms with Gasteiger partial charge in [0.25, 0.3) is 5.56 Å². The lowest BCUT2D eigenvalue weighted by Crippen LogP contribution is -2.25. The molecule has 0 radical (unpaired) electrons. The molecule has 0 saturated heterocycles. The first-order valence-electron chi connectivity index (χ1n) is 9.38. The second-order valence-corrected chi connectivity index (χ2v) is 7.72. The van der Waals surface area contributed by atoms with Gasteiger partial charge in [0, 0.05) is 24.0 Å². The fourth-order valence-corrected chi connectivity index (χ4v) is 3.78. The molecule has 0 aliphatic heterocycles. The van der Waals surface area contributed by atoms with Gasteiger partial charge in [-0.1, -0.05) is 60.7 Å². The summed E-state index contributed by atoms with van der Waals surface area (Å²) in [5.41, 5.74) is 2.95. The molecule has 0 saturated carbocycles. The first kappa shape index (κ1) is 19.7. The Labute approximate surface area is 175 Å². The lowest BCUT2D eigenvalue weighted by atomic mass is 9.98. The molecule has 2 heterocycles. The van der Waals surface area contributed by atoms with E-state index in [2.05, 4.69) is 9.97 Å². The number of nitrogens with zero attached hydrogens (tertiary/aromatic N) is 3. The van der Waals surface area contributed by atoms with Crippen LogP contribution >= 0.6 is 0 Å². The Balaban J connectivity index is 1.77. The average molecular weight is 417 g/mol. The predicted octanol–water partition coefficient (Wildman–Crippen LogP) is 3.05. The highest BCUT2D eigenvalue weighted by Crippen LogP contribution is 2.26. The number of pyridine rings is 1. The molecule has 4 rings (SSSR count). The molecule has 30 heavy (non-hydrogen) atoms. The summed E-state index contributed by atoms with van der Waals surface area (Å²) < 4.78 is 23.6. The minimum atomic E-state index is -2.62. The minimum absolute atomic E-state index is 0.180. The molecule has 0 aliphatic rings. The standard InChI is InChI=1S/C23H19N3O3S/c27-22-15-19(20-11-13-24-21(25-20)16-30(28)29)12-14-26(22)23(17-7-3-1-4-8-17)18-9-5-2-6-10-18/h1-15,23,30H,16H2. The quantitative estimate of drug-likeness (QED) is 0.488. The van der Waals surface area contributed by atoms with Crippen LogP contribution < -0.4 is 5.56 Å². The van der Waals surface area contributed by atoms with Crippen LogP contribution in [-0.4, -0.2) is 23.0 Å². The highest BCUT2D eigenvalue weighted by Gasteiger charge is 2.17. The van der Waals surface area contributed by atoms with Gasteiger partial charge in [-0.2, -0.15) is 0 Å². The summed E-state index contributed by atoms with van der Waals surface area (Å²) in [6, 6.07) is 24.4. The second-order valence-electron chi connectivity index (χ2n) is 6.73. The number of thiol groups is 1. The molecular weight excluding hydrogens is 398 g/mol.